The first-order valence-electron chi connectivity index (χ1n) is 12.6. The van der Waals surface area contributed by atoms with E-state index in [-0.39, 0.29) is 49.9 Å². The summed E-state index contributed by atoms with van der Waals surface area (Å²) in [4.78, 5) is 43.3. The Kier molecular flexibility index (Phi) is 10.3. The van der Waals surface area contributed by atoms with Gasteiger partial charge in [0.05, 0.1) is 24.6 Å². The molecule has 3 unspecified atom stereocenters. The highest BCUT2D eigenvalue weighted by Crippen LogP contribution is 2.22. The van der Waals surface area contributed by atoms with Crippen molar-refractivity contribution in [2.45, 2.75) is 57.0 Å². The van der Waals surface area contributed by atoms with Gasteiger partial charge in [-0.2, -0.15) is 0 Å². The number of aromatic nitrogens is 1. The number of aliphatic hydroxyl groups is 1. The number of allylic oxidation sites excluding steroid dienone is 2. The Balaban J connectivity index is 1.71. The van der Waals surface area contributed by atoms with Crippen molar-refractivity contribution in [3.63, 3.8) is 0 Å². The Morgan fingerprint density at radius 3 is 2.81 bits per heavy atom. The molecule has 3 rings (SSSR count). The van der Waals surface area contributed by atoms with Crippen molar-refractivity contribution in [2.75, 3.05) is 19.8 Å². The molecule has 194 valence electrons. The maximum absolute atomic E-state index is 13.3. The monoisotopic (exact) mass is 495 g/mol. The van der Waals surface area contributed by atoms with E-state index in [0.29, 0.717) is 25.8 Å². The lowest BCUT2D eigenvalue weighted by Gasteiger charge is -2.26. The fourth-order valence-corrected chi connectivity index (χ4v) is 4.69. The van der Waals surface area contributed by atoms with Crippen molar-refractivity contribution in [3.05, 3.63) is 61.3 Å². The van der Waals surface area contributed by atoms with Gasteiger partial charge in [0, 0.05) is 36.5 Å². The van der Waals surface area contributed by atoms with Gasteiger partial charge in [0.25, 0.3) is 0 Å². The van der Waals surface area contributed by atoms with Gasteiger partial charge in [-0.3, -0.25) is 14.4 Å². The van der Waals surface area contributed by atoms with E-state index < -0.39 is 12.0 Å². The Hall–Kier alpha value is -3.39. The Bertz CT molecular complexity index is 1060. The lowest BCUT2D eigenvalue weighted by molar-refractivity contribution is -0.145. The molecule has 0 radical (unpaired) electrons. The number of para-hydroxylation sites is 1. The van der Waals surface area contributed by atoms with Crippen molar-refractivity contribution in [1.29, 1.82) is 0 Å². The number of esters is 1. The SMILES string of the molecule is C=CCCC(=O)OCC(Cc1c[nH]c2ccccc12)NC(=O)C(CC=C)CC(=O)N1CCCC1CO. The molecular weight excluding hydrogens is 458 g/mol. The summed E-state index contributed by atoms with van der Waals surface area (Å²) in [6.07, 6.45) is 8.39. The van der Waals surface area contributed by atoms with E-state index in [9.17, 15) is 19.5 Å². The lowest BCUT2D eigenvalue weighted by atomic mass is 9.97. The number of nitrogens with one attached hydrogen (secondary N) is 2. The zero-order valence-electron chi connectivity index (χ0n) is 20.8. The molecule has 2 heterocycles. The lowest BCUT2D eigenvalue weighted by Crippen LogP contribution is -2.45. The molecule has 0 saturated carbocycles. The Labute approximate surface area is 212 Å². The maximum atomic E-state index is 13.3. The fraction of sp³-hybridized carbons (Fsp3) is 0.464. The number of H-pyrrole nitrogens is 1. The average Bonchev–Trinajstić information content (AvgIpc) is 3.53. The second-order valence-corrected chi connectivity index (χ2v) is 9.27. The van der Waals surface area contributed by atoms with Crippen molar-refractivity contribution in [1.82, 2.24) is 15.2 Å². The molecule has 1 saturated heterocycles. The molecule has 1 aliphatic rings. The zero-order valence-corrected chi connectivity index (χ0v) is 20.8. The van der Waals surface area contributed by atoms with E-state index in [1.165, 1.54) is 0 Å². The standard InChI is InChI=1S/C28H37N3O5/c1-3-5-13-27(34)36-19-22(15-21-17-29-25-12-7-6-11-24(21)25)30-28(35)20(9-4-2)16-26(33)31-14-8-10-23(31)18-32/h3-4,6-7,11-12,17,20,22-23,29,32H,1-2,5,8-10,13-16,18-19H2,(H,30,35). The van der Waals surface area contributed by atoms with E-state index in [0.717, 1.165) is 29.3 Å². The number of likely N-dealkylation sites (tertiary alicyclic amines) is 1. The molecule has 2 aromatic rings. The van der Waals surface area contributed by atoms with Gasteiger partial charge in [0.15, 0.2) is 0 Å². The minimum Gasteiger partial charge on any atom is -0.463 e. The number of fused-ring (bicyclic) bond motifs is 1. The van der Waals surface area contributed by atoms with Gasteiger partial charge >= 0.3 is 5.97 Å². The maximum Gasteiger partial charge on any atom is 0.306 e. The summed E-state index contributed by atoms with van der Waals surface area (Å²) in [6, 6.07) is 7.22. The number of rotatable bonds is 14. The topological polar surface area (TPSA) is 112 Å². The van der Waals surface area contributed by atoms with Gasteiger partial charge in [-0.15, -0.1) is 13.2 Å². The van der Waals surface area contributed by atoms with Crippen molar-refractivity contribution in [2.24, 2.45) is 5.92 Å². The average molecular weight is 496 g/mol. The Morgan fingerprint density at radius 2 is 2.06 bits per heavy atom. The molecule has 1 aliphatic heterocycles. The first-order chi connectivity index (χ1) is 17.5. The number of carbonyl (C=O) groups is 3. The van der Waals surface area contributed by atoms with E-state index >= 15 is 0 Å². The molecule has 0 aliphatic carbocycles. The van der Waals surface area contributed by atoms with Crippen molar-refractivity contribution in [3.8, 4) is 0 Å². The van der Waals surface area contributed by atoms with Crippen LogP contribution in [-0.4, -0.2) is 64.6 Å². The smallest absolute Gasteiger partial charge is 0.306 e. The predicted octanol–water partition coefficient (Wildman–Crippen LogP) is 3.27. The van der Waals surface area contributed by atoms with Gasteiger partial charge in [0.2, 0.25) is 11.8 Å². The largest absolute Gasteiger partial charge is 0.463 e. The van der Waals surface area contributed by atoms with Crippen LogP contribution in [0.1, 0.15) is 44.1 Å². The minimum absolute atomic E-state index is 0.0225. The summed E-state index contributed by atoms with van der Waals surface area (Å²) < 4.78 is 5.46. The zero-order chi connectivity index (χ0) is 25.9. The molecule has 3 N–H and O–H groups in total. The van der Waals surface area contributed by atoms with Crippen LogP contribution in [0.2, 0.25) is 0 Å². The molecule has 2 amide bonds. The number of hydrogen-bond acceptors (Lipinski definition) is 5. The second-order valence-electron chi connectivity index (χ2n) is 9.27. The summed E-state index contributed by atoms with van der Waals surface area (Å²) in [5, 5.41) is 13.6. The molecular formula is C28H37N3O5. The number of aromatic amines is 1. The van der Waals surface area contributed by atoms with Gasteiger partial charge in [-0.25, -0.2) is 0 Å². The highest BCUT2D eigenvalue weighted by molar-refractivity contribution is 5.87. The van der Waals surface area contributed by atoms with Crippen LogP contribution in [0.5, 0.6) is 0 Å². The molecule has 3 atom stereocenters. The van der Waals surface area contributed by atoms with E-state index in [4.69, 9.17) is 4.74 Å². The summed E-state index contributed by atoms with van der Waals surface area (Å²) in [5.41, 5.74) is 1.98. The van der Waals surface area contributed by atoms with Crippen LogP contribution in [0.4, 0.5) is 0 Å². The van der Waals surface area contributed by atoms with Crippen LogP contribution in [-0.2, 0) is 25.5 Å². The first-order valence-corrected chi connectivity index (χ1v) is 12.6. The highest BCUT2D eigenvalue weighted by Gasteiger charge is 2.31. The summed E-state index contributed by atoms with van der Waals surface area (Å²) in [7, 11) is 0. The third kappa shape index (κ3) is 7.31. The van der Waals surface area contributed by atoms with E-state index in [1.54, 1.807) is 17.1 Å². The third-order valence-electron chi connectivity index (χ3n) is 6.64. The number of ether oxygens (including phenoxy) is 1. The van der Waals surface area contributed by atoms with Crippen molar-refractivity contribution < 1.29 is 24.2 Å². The number of amides is 2. The number of carbonyl (C=O) groups excluding carboxylic acids is 3. The molecule has 36 heavy (non-hydrogen) atoms. The fourth-order valence-electron chi connectivity index (χ4n) is 4.69. The number of nitrogens with zero attached hydrogens (tertiary/aromatic N) is 1. The molecule has 1 aromatic carbocycles. The molecule has 0 bridgehead atoms. The van der Waals surface area contributed by atoms with Gasteiger partial charge in [-0.05, 0) is 43.7 Å². The molecule has 1 aromatic heterocycles. The first kappa shape index (κ1) is 27.2. The van der Waals surface area contributed by atoms with Crippen LogP contribution >= 0.6 is 0 Å². The van der Waals surface area contributed by atoms with Crippen LogP contribution < -0.4 is 5.32 Å². The summed E-state index contributed by atoms with van der Waals surface area (Å²) >= 11 is 0. The Morgan fingerprint density at radius 1 is 1.25 bits per heavy atom. The van der Waals surface area contributed by atoms with Crippen molar-refractivity contribution >= 4 is 28.7 Å². The van der Waals surface area contributed by atoms with Crippen LogP contribution in [0.3, 0.4) is 0 Å². The van der Waals surface area contributed by atoms with Crippen LogP contribution in [0, 0.1) is 5.92 Å². The van der Waals surface area contributed by atoms with E-state index in [1.807, 2.05) is 30.5 Å². The third-order valence-corrected chi connectivity index (χ3v) is 6.64. The summed E-state index contributed by atoms with van der Waals surface area (Å²) in [6.45, 7) is 7.92. The highest BCUT2D eigenvalue weighted by atomic mass is 16.5. The molecule has 8 nitrogen and oxygen atoms in total. The quantitative estimate of drug-likeness (QED) is 0.275. The summed E-state index contributed by atoms with van der Waals surface area (Å²) in [5.74, 6) is -1.38. The second kappa shape index (κ2) is 13.6. The molecule has 8 heteroatoms. The number of hydrogen-bond donors (Lipinski definition) is 3. The van der Waals surface area contributed by atoms with Crippen LogP contribution in [0.15, 0.2) is 55.8 Å². The predicted molar refractivity (Wildman–Crippen MR) is 139 cm³/mol. The van der Waals surface area contributed by atoms with Gasteiger partial charge < -0.3 is 25.0 Å². The normalized spacial score (nSPS) is 16.9. The molecule has 0 spiro atoms. The molecule has 1 fully saturated rings. The van der Waals surface area contributed by atoms with E-state index in [2.05, 4.69) is 23.5 Å². The minimum atomic E-state index is -0.600. The van der Waals surface area contributed by atoms with Gasteiger partial charge in [0.1, 0.15) is 6.61 Å². The number of benzene rings is 1. The van der Waals surface area contributed by atoms with Gasteiger partial charge in [-0.1, -0.05) is 30.4 Å². The van der Waals surface area contributed by atoms with Crippen LogP contribution in [0.25, 0.3) is 10.9 Å². The number of aliphatic hydroxyl groups excluding tert-OH is 1.